The molecule has 192 valence electrons. The van der Waals surface area contributed by atoms with E-state index < -0.39 is 0 Å². The molecule has 0 unspecified atom stereocenters. The zero-order chi connectivity index (χ0) is 25.5. The highest BCUT2D eigenvalue weighted by Crippen LogP contribution is 2.35. The van der Waals surface area contributed by atoms with E-state index in [4.69, 9.17) is 18.9 Å². The quantitative estimate of drug-likeness (QED) is 0.426. The van der Waals surface area contributed by atoms with E-state index in [9.17, 15) is 4.79 Å². The first-order valence-electron chi connectivity index (χ1n) is 12.0. The third kappa shape index (κ3) is 6.13. The molecular formula is C26H33N5O5. The van der Waals surface area contributed by atoms with Gasteiger partial charge in [0.25, 0.3) is 5.91 Å². The lowest BCUT2D eigenvalue weighted by Crippen LogP contribution is -2.53. The Labute approximate surface area is 211 Å². The first-order chi connectivity index (χ1) is 17.5. The second-order valence-corrected chi connectivity index (χ2v) is 8.66. The lowest BCUT2D eigenvalue weighted by atomic mass is 10.2. The smallest absolute Gasteiger partial charge is 0.265 e. The molecule has 10 nitrogen and oxygen atoms in total. The average molecular weight is 496 g/mol. The minimum atomic E-state index is -0.141. The van der Waals surface area contributed by atoms with Gasteiger partial charge in [-0.25, -0.2) is 15.0 Å². The third-order valence-corrected chi connectivity index (χ3v) is 5.77. The summed E-state index contributed by atoms with van der Waals surface area (Å²) in [7, 11) is 3.24. The second kappa shape index (κ2) is 11.9. The zero-order valence-corrected chi connectivity index (χ0v) is 21.2. The van der Waals surface area contributed by atoms with Crippen LogP contribution in [0.3, 0.4) is 0 Å². The monoisotopic (exact) mass is 495 g/mol. The molecule has 0 saturated carbocycles. The maximum Gasteiger partial charge on any atom is 0.265 e. The van der Waals surface area contributed by atoms with E-state index in [2.05, 4.69) is 20.3 Å². The van der Waals surface area contributed by atoms with Crippen molar-refractivity contribution in [1.82, 2.24) is 20.4 Å². The van der Waals surface area contributed by atoms with Crippen molar-refractivity contribution in [3.8, 4) is 17.2 Å². The highest BCUT2D eigenvalue weighted by Gasteiger charge is 2.22. The van der Waals surface area contributed by atoms with E-state index in [1.54, 1.807) is 32.7 Å². The van der Waals surface area contributed by atoms with E-state index in [-0.39, 0.29) is 12.0 Å². The number of piperazine rings is 1. The number of hydrogen-bond acceptors (Lipinski definition) is 9. The van der Waals surface area contributed by atoms with Gasteiger partial charge in [-0.15, -0.1) is 0 Å². The molecule has 0 spiro atoms. The molecular weight excluding hydrogens is 462 g/mol. The molecule has 0 bridgehead atoms. The molecule has 1 aromatic heterocycles. The summed E-state index contributed by atoms with van der Waals surface area (Å²) in [6.07, 6.45) is 1.65. The molecule has 2 aromatic carbocycles. The first-order valence-corrected chi connectivity index (χ1v) is 12.0. The Morgan fingerprint density at radius 1 is 1.00 bits per heavy atom. The third-order valence-electron chi connectivity index (χ3n) is 5.77. The molecule has 0 atom stereocenters. The molecule has 0 aliphatic carbocycles. The Kier molecular flexibility index (Phi) is 8.40. The number of nitrogens with one attached hydrogen (secondary N) is 1. The number of methoxy groups -OCH3 is 2. The van der Waals surface area contributed by atoms with Gasteiger partial charge in [-0.2, -0.15) is 0 Å². The summed E-state index contributed by atoms with van der Waals surface area (Å²) in [5.74, 6) is 2.66. The van der Waals surface area contributed by atoms with Crippen molar-refractivity contribution in [2.75, 3.05) is 58.5 Å². The number of fused-ring (bicyclic) bond motifs is 1. The predicted molar refractivity (Wildman–Crippen MR) is 137 cm³/mol. The Balaban J connectivity index is 1.40. The summed E-state index contributed by atoms with van der Waals surface area (Å²) in [6.45, 7) is 7.54. The molecule has 1 saturated heterocycles. The van der Waals surface area contributed by atoms with Crippen molar-refractivity contribution in [3.63, 3.8) is 0 Å². The van der Waals surface area contributed by atoms with Crippen LogP contribution in [0.15, 0.2) is 42.7 Å². The standard InChI is InChI=1S/C26H33N5O5/c1-18(2)36-20-7-5-19(6-8-20)26(32)29-31-11-9-30(10-12-31)25-21-15-23(34-4)24(35-14-13-33-3)16-22(21)27-17-28-25/h5-8,15-18H,9-14H2,1-4H3,(H,29,32). The first kappa shape index (κ1) is 25.5. The van der Waals surface area contributed by atoms with Crippen LogP contribution >= 0.6 is 0 Å². The number of amides is 1. The number of hydrazine groups is 1. The molecule has 2 heterocycles. The van der Waals surface area contributed by atoms with Crippen molar-refractivity contribution >= 4 is 22.6 Å². The summed E-state index contributed by atoms with van der Waals surface area (Å²) in [5.41, 5.74) is 4.36. The number of ether oxygens (including phenoxy) is 4. The van der Waals surface area contributed by atoms with Gasteiger partial charge in [0.1, 0.15) is 24.5 Å². The zero-order valence-electron chi connectivity index (χ0n) is 21.2. The van der Waals surface area contributed by atoms with Gasteiger partial charge in [-0.1, -0.05) is 0 Å². The minimum absolute atomic E-state index is 0.0883. The van der Waals surface area contributed by atoms with E-state index in [1.165, 1.54) is 0 Å². The largest absolute Gasteiger partial charge is 0.493 e. The number of rotatable bonds is 10. The summed E-state index contributed by atoms with van der Waals surface area (Å²) in [5, 5.41) is 2.82. The fourth-order valence-corrected chi connectivity index (χ4v) is 4.00. The number of hydrogen-bond donors (Lipinski definition) is 1. The number of anilines is 1. The molecule has 1 amide bonds. The van der Waals surface area contributed by atoms with Crippen molar-refractivity contribution in [2.24, 2.45) is 0 Å². The SMILES string of the molecule is COCCOc1cc2ncnc(N3CCN(NC(=O)c4ccc(OC(C)C)cc4)CC3)c2cc1OC. The highest BCUT2D eigenvalue weighted by atomic mass is 16.5. The van der Waals surface area contributed by atoms with Crippen LogP contribution in [0.1, 0.15) is 24.2 Å². The van der Waals surface area contributed by atoms with Gasteiger partial charge in [0, 0.05) is 50.3 Å². The lowest BCUT2D eigenvalue weighted by molar-refractivity contribution is 0.0777. The number of benzene rings is 2. The van der Waals surface area contributed by atoms with E-state index in [0.29, 0.717) is 56.5 Å². The molecule has 36 heavy (non-hydrogen) atoms. The van der Waals surface area contributed by atoms with E-state index >= 15 is 0 Å². The summed E-state index contributed by atoms with van der Waals surface area (Å²) in [4.78, 5) is 23.9. The number of nitrogens with zero attached hydrogens (tertiary/aromatic N) is 4. The maximum atomic E-state index is 12.7. The van der Waals surface area contributed by atoms with Crippen LogP contribution < -0.4 is 24.5 Å². The second-order valence-electron chi connectivity index (χ2n) is 8.66. The Hall–Kier alpha value is -3.63. The van der Waals surface area contributed by atoms with Crippen LogP contribution in [0.5, 0.6) is 17.2 Å². The summed E-state index contributed by atoms with van der Waals surface area (Å²) < 4.78 is 22.1. The van der Waals surface area contributed by atoms with Gasteiger partial charge in [0.05, 0.1) is 25.3 Å². The topological polar surface area (TPSA) is 98.3 Å². The van der Waals surface area contributed by atoms with E-state index in [1.807, 2.05) is 43.1 Å². The molecule has 1 aliphatic heterocycles. The normalized spacial score (nSPS) is 14.2. The van der Waals surface area contributed by atoms with Gasteiger partial charge < -0.3 is 23.8 Å². The van der Waals surface area contributed by atoms with Crippen LogP contribution in [0, 0.1) is 0 Å². The van der Waals surface area contributed by atoms with Crippen LogP contribution in [0.25, 0.3) is 10.9 Å². The molecule has 10 heteroatoms. The van der Waals surface area contributed by atoms with Crippen LogP contribution in [-0.4, -0.2) is 80.6 Å². The molecule has 1 aliphatic rings. The van der Waals surface area contributed by atoms with Gasteiger partial charge >= 0.3 is 0 Å². The van der Waals surface area contributed by atoms with Crippen molar-refractivity contribution in [2.45, 2.75) is 20.0 Å². The summed E-state index contributed by atoms with van der Waals surface area (Å²) in [6, 6.07) is 11.0. The molecule has 1 N–H and O–H groups in total. The molecule has 4 rings (SSSR count). The van der Waals surface area contributed by atoms with Gasteiger partial charge in [0.2, 0.25) is 0 Å². The Morgan fingerprint density at radius 3 is 2.42 bits per heavy atom. The lowest BCUT2D eigenvalue weighted by Gasteiger charge is -2.35. The number of carbonyl (C=O) groups excluding carboxylic acids is 1. The number of carbonyl (C=O) groups is 1. The molecule has 3 aromatic rings. The Morgan fingerprint density at radius 2 is 1.75 bits per heavy atom. The fraction of sp³-hybridized carbons (Fsp3) is 0.423. The fourth-order valence-electron chi connectivity index (χ4n) is 4.00. The van der Waals surface area contributed by atoms with Gasteiger partial charge in [-0.3, -0.25) is 10.2 Å². The van der Waals surface area contributed by atoms with Gasteiger partial charge in [-0.05, 0) is 44.2 Å². The van der Waals surface area contributed by atoms with E-state index in [0.717, 1.165) is 22.5 Å². The predicted octanol–water partition coefficient (Wildman–Crippen LogP) is 2.92. The molecule has 0 radical (unpaired) electrons. The average Bonchev–Trinajstić information content (AvgIpc) is 2.88. The minimum Gasteiger partial charge on any atom is -0.493 e. The van der Waals surface area contributed by atoms with Crippen LogP contribution in [-0.2, 0) is 4.74 Å². The van der Waals surface area contributed by atoms with Crippen molar-refractivity contribution in [3.05, 3.63) is 48.3 Å². The highest BCUT2D eigenvalue weighted by molar-refractivity contribution is 5.94. The van der Waals surface area contributed by atoms with Crippen molar-refractivity contribution in [1.29, 1.82) is 0 Å². The Bertz CT molecular complexity index is 1160. The van der Waals surface area contributed by atoms with Crippen molar-refractivity contribution < 1.29 is 23.7 Å². The van der Waals surface area contributed by atoms with Gasteiger partial charge in [0.15, 0.2) is 11.5 Å². The number of aromatic nitrogens is 2. The summed E-state index contributed by atoms with van der Waals surface area (Å²) >= 11 is 0. The van der Waals surface area contributed by atoms with Crippen LogP contribution in [0.2, 0.25) is 0 Å². The molecule has 1 fully saturated rings. The van der Waals surface area contributed by atoms with Crippen LogP contribution in [0.4, 0.5) is 5.82 Å². The maximum absolute atomic E-state index is 12.7.